The number of carbonyl (C=O) groups is 2. The molecule has 0 saturated carbocycles. The summed E-state index contributed by atoms with van der Waals surface area (Å²) < 4.78 is 5.35. The van der Waals surface area contributed by atoms with Crippen LogP contribution in [0.2, 0.25) is 0 Å². The molecule has 1 amide bonds. The van der Waals surface area contributed by atoms with Gasteiger partial charge in [-0.25, -0.2) is 9.79 Å². The van der Waals surface area contributed by atoms with Crippen LogP contribution in [0.5, 0.6) is 5.75 Å². The Labute approximate surface area is 152 Å². The number of ether oxygens (including phenoxy) is 1. The zero-order chi connectivity index (χ0) is 19.1. The third-order valence-electron chi connectivity index (χ3n) is 3.64. The molecule has 0 radical (unpaired) electrons. The Morgan fingerprint density at radius 2 is 1.62 bits per heavy atom. The lowest BCUT2D eigenvalue weighted by molar-refractivity contribution is -0.118. The van der Waals surface area contributed by atoms with Crippen molar-refractivity contribution in [2.24, 2.45) is 16.5 Å². The Kier molecular flexibility index (Phi) is 6.32. The van der Waals surface area contributed by atoms with Crippen LogP contribution in [0.15, 0.2) is 53.5 Å². The van der Waals surface area contributed by atoms with Gasteiger partial charge in [0, 0.05) is 18.7 Å². The average molecular weight is 354 g/mol. The minimum Gasteiger partial charge on any atom is -0.423 e. The Balaban J connectivity index is 2.07. The van der Waals surface area contributed by atoms with Crippen molar-refractivity contribution in [3.05, 3.63) is 54.1 Å². The molecule has 2 rings (SSSR count). The topological polar surface area (TPSA) is 111 Å². The average Bonchev–Trinajstić information content (AvgIpc) is 2.63. The summed E-state index contributed by atoms with van der Waals surface area (Å²) >= 11 is 0. The zero-order valence-electron chi connectivity index (χ0n) is 14.8. The van der Waals surface area contributed by atoms with E-state index >= 15 is 0 Å². The first-order valence-electron chi connectivity index (χ1n) is 8.27. The van der Waals surface area contributed by atoms with Crippen molar-refractivity contribution >= 4 is 29.2 Å². The number of hydrogen-bond acceptors (Lipinski definition) is 4. The number of carbonyl (C=O) groups excluding carboxylic acids is 2. The molecule has 7 nitrogen and oxygen atoms in total. The molecule has 0 unspecified atom stereocenters. The summed E-state index contributed by atoms with van der Waals surface area (Å²) in [5.41, 5.74) is 12.3. The summed E-state index contributed by atoms with van der Waals surface area (Å²) in [6.45, 7) is 4.31. The summed E-state index contributed by atoms with van der Waals surface area (Å²) in [6, 6.07) is 13.2. The van der Waals surface area contributed by atoms with E-state index in [1.807, 2.05) is 13.8 Å². The van der Waals surface area contributed by atoms with Gasteiger partial charge in [-0.2, -0.15) is 0 Å². The van der Waals surface area contributed by atoms with Crippen LogP contribution >= 0.6 is 0 Å². The summed E-state index contributed by atoms with van der Waals surface area (Å²) in [4.78, 5) is 29.7. The molecule has 2 aromatic carbocycles. The SMILES string of the molecule is CCC(=O)N(CC)c1ccc(OC(=O)c2ccc(N=C(N)N)cc2)cc1. The molecule has 7 heteroatoms. The van der Waals surface area contributed by atoms with Crippen LogP contribution in [0.4, 0.5) is 11.4 Å². The molecule has 0 aromatic heterocycles. The number of amides is 1. The van der Waals surface area contributed by atoms with E-state index in [4.69, 9.17) is 16.2 Å². The third kappa shape index (κ3) is 4.83. The van der Waals surface area contributed by atoms with Gasteiger partial charge < -0.3 is 21.1 Å². The van der Waals surface area contributed by atoms with Gasteiger partial charge in [0.2, 0.25) is 5.91 Å². The fourth-order valence-corrected chi connectivity index (χ4v) is 2.37. The van der Waals surface area contributed by atoms with Gasteiger partial charge in [0.1, 0.15) is 5.75 Å². The number of nitrogens with two attached hydrogens (primary N) is 2. The second-order valence-electron chi connectivity index (χ2n) is 5.46. The molecule has 0 heterocycles. The van der Waals surface area contributed by atoms with E-state index in [1.165, 1.54) is 0 Å². The summed E-state index contributed by atoms with van der Waals surface area (Å²) in [6.07, 6.45) is 0.431. The number of esters is 1. The fourth-order valence-electron chi connectivity index (χ4n) is 2.37. The fraction of sp³-hybridized carbons (Fsp3) is 0.211. The van der Waals surface area contributed by atoms with Gasteiger partial charge in [0.05, 0.1) is 11.3 Å². The van der Waals surface area contributed by atoms with Crippen molar-refractivity contribution in [1.82, 2.24) is 0 Å². The van der Waals surface area contributed by atoms with Crippen LogP contribution in [0, 0.1) is 0 Å². The van der Waals surface area contributed by atoms with Crippen molar-refractivity contribution in [2.75, 3.05) is 11.4 Å². The van der Waals surface area contributed by atoms with E-state index in [1.54, 1.807) is 53.4 Å². The standard InChI is InChI=1S/C19H22N4O3/c1-3-17(24)23(4-2)15-9-11-16(12-10-15)26-18(25)13-5-7-14(8-6-13)22-19(20)21/h5-12H,3-4H2,1-2H3,(H4,20,21,22). The van der Waals surface area contributed by atoms with Gasteiger partial charge in [0.25, 0.3) is 0 Å². The van der Waals surface area contributed by atoms with E-state index in [0.29, 0.717) is 30.0 Å². The molecule has 0 aliphatic heterocycles. The maximum Gasteiger partial charge on any atom is 0.343 e. The highest BCUT2D eigenvalue weighted by Crippen LogP contribution is 2.21. The smallest absolute Gasteiger partial charge is 0.343 e. The molecule has 136 valence electrons. The Morgan fingerprint density at radius 3 is 2.12 bits per heavy atom. The number of nitrogens with zero attached hydrogens (tertiary/aromatic N) is 2. The highest BCUT2D eigenvalue weighted by atomic mass is 16.5. The predicted molar refractivity (Wildman–Crippen MR) is 102 cm³/mol. The molecule has 0 bridgehead atoms. The molecule has 0 saturated heterocycles. The number of hydrogen-bond donors (Lipinski definition) is 2. The maximum atomic E-state index is 12.2. The number of rotatable bonds is 6. The quantitative estimate of drug-likeness (QED) is 0.358. The third-order valence-corrected chi connectivity index (χ3v) is 3.64. The number of guanidine groups is 1. The molecule has 0 aliphatic rings. The van der Waals surface area contributed by atoms with Crippen molar-refractivity contribution in [3.8, 4) is 5.75 Å². The predicted octanol–water partition coefficient (Wildman–Crippen LogP) is 2.57. The van der Waals surface area contributed by atoms with Crippen molar-refractivity contribution in [1.29, 1.82) is 0 Å². The van der Waals surface area contributed by atoms with Gasteiger partial charge >= 0.3 is 5.97 Å². The monoisotopic (exact) mass is 354 g/mol. The molecule has 4 N–H and O–H groups in total. The number of anilines is 1. The number of benzene rings is 2. The van der Waals surface area contributed by atoms with Crippen molar-refractivity contribution in [2.45, 2.75) is 20.3 Å². The molecule has 26 heavy (non-hydrogen) atoms. The Bertz CT molecular complexity index is 795. The van der Waals surface area contributed by atoms with E-state index in [9.17, 15) is 9.59 Å². The van der Waals surface area contributed by atoms with Crippen molar-refractivity contribution < 1.29 is 14.3 Å². The number of aliphatic imine (C=N–C) groups is 1. The van der Waals surface area contributed by atoms with Crippen molar-refractivity contribution in [3.63, 3.8) is 0 Å². The minimum atomic E-state index is -0.494. The molecular weight excluding hydrogens is 332 g/mol. The lowest BCUT2D eigenvalue weighted by Gasteiger charge is -2.20. The molecular formula is C19H22N4O3. The first kappa shape index (κ1) is 19.0. The minimum absolute atomic E-state index is 0.0399. The molecule has 0 spiro atoms. The molecule has 2 aromatic rings. The highest BCUT2D eigenvalue weighted by Gasteiger charge is 2.13. The normalized spacial score (nSPS) is 10.1. The van der Waals surface area contributed by atoms with Gasteiger partial charge in [-0.05, 0) is 55.5 Å². The van der Waals surface area contributed by atoms with E-state index < -0.39 is 5.97 Å². The van der Waals surface area contributed by atoms with Gasteiger partial charge in [-0.1, -0.05) is 6.92 Å². The molecule has 0 fully saturated rings. The first-order chi connectivity index (χ1) is 12.4. The largest absolute Gasteiger partial charge is 0.423 e. The molecule has 0 atom stereocenters. The van der Waals surface area contributed by atoms with E-state index in [2.05, 4.69) is 4.99 Å². The van der Waals surface area contributed by atoms with E-state index in [-0.39, 0.29) is 11.9 Å². The Hall–Kier alpha value is -3.35. The van der Waals surface area contributed by atoms with Crippen LogP contribution < -0.4 is 21.1 Å². The van der Waals surface area contributed by atoms with Gasteiger partial charge in [0.15, 0.2) is 5.96 Å². The Morgan fingerprint density at radius 1 is 1.00 bits per heavy atom. The van der Waals surface area contributed by atoms with Crippen LogP contribution in [-0.4, -0.2) is 24.4 Å². The summed E-state index contributed by atoms with van der Waals surface area (Å²) in [7, 11) is 0. The van der Waals surface area contributed by atoms with Gasteiger partial charge in [-0.15, -0.1) is 0 Å². The summed E-state index contributed by atoms with van der Waals surface area (Å²) in [5, 5.41) is 0. The maximum absolute atomic E-state index is 12.2. The van der Waals surface area contributed by atoms with Gasteiger partial charge in [-0.3, -0.25) is 4.79 Å². The second-order valence-corrected chi connectivity index (χ2v) is 5.46. The first-order valence-corrected chi connectivity index (χ1v) is 8.27. The summed E-state index contributed by atoms with van der Waals surface area (Å²) in [5.74, 6) is -0.112. The van der Waals surface area contributed by atoms with Crippen LogP contribution in [0.1, 0.15) is 30.6 Å². The van der Waals surface area contributed by atoms with Crippen LogP contribution in [0.3, 0.4) is 0 Å². The van der Waals surface area contributed by atoms with E-state index in [0.717, 1.165) is 5.69 Å². The highest BCUT2D eigenvalue weighted by molar-refractivity contribution is 5.93. The van der Waals surface area contributed by atoms with Crippen LogP contribution in [0.25, 0.3) is 0 Å². The lowest BCUT2D eigenvalue weighted by Crippen LogP contribution is -2.29. The lowest BCUT2D eigenvalue weighted by atomic mass is 10.2. The zero-order valence-corrected chi connectivity index (χ0v) is 14.8. The van der Waals surface area contributed by atoms with Crippen LogP contribution in [-0.2, 0) is 4.79 Å². The second kappa shape index (κ2) is 8.66. The molecule has 0 aliphatic carbocycles.